The highest BCUT2D eigenvalue weighted by Crippen LogP contribution is 2.17. The van der Waals surface area contributed by atoms with E-state index in [0.717, 1.165) is 10.7 Å². The molecule has 0 atom stereocenters. The van der Waals surface area contributed by atoms with Crippen molar-refractivity contribution in [2.75, 3.05) is 0 Å². The molecule has 0 bridgehead atoms. The topological polar surface area (TPSA) is 83.0 Å². The maximum absolute atomic E-state index is 11.4. The van der Waals surface area contributed by atoms with Crippen LogP contribution in [0.4, 0.5) is 0 Å². The lowest BCUT2D eigenvalue weighted by Gasteiger charge is -2.01. The van der Waals surface area contributed by atoms with Crippen LogP contribution in [-0.4, -0.2) is 21.0 Å². The monoisotopic (exact) mass is 294 g/mol. The lowest BCUT2D eigenvalue weighted by molar-refractivity contribution is 0.0694. The largest absolute Gasteiger partial charge is 0.477 e. The number of nitrogens with one attached hydrogen (secondary N) is 1. The molecular formula is C11H7BrN2O3. The lowest BCUT2D eigenvalue weighted by atomic mass is 10.2. The van der Waals surface area contributed by atoms with E-state index in [-0.39, 0.29) is 5.56 Å². The number of halogens is 1. The molecule has 0 fully saturated rings. The summed E-state index contributed by atoms with van der Waals surface area (Å²) in [5.74, 6) is -0.950. The van der Waals surface area contributed by atoms with Crippen molar-refractivity contribution >= 4 is 21.9 Å². The summed E-state index contributed by atoms with van der Waals surface area (Å²) in [6, 6.07) is 7.15. The fourth-order valence-corrected chi connectivity index (χ4v) is 1.57. The summed E-state index contributed by atoms with van der Waals surface area (Å²) >= 11 is 3.29. The first-order valence-electron chi connectivity index (χ1n) is 4.66. The molecule has 0 spiro atoms. The molecule has 0 aliphatic heterocycles. The highest BCUT2D eigenvalue weighted by atomic mass is 79.9. The number of H-pyrrole nitrogens is 1. The van der Waals surface area contributed by atoms with Gasteiger partial charge in [-0.25, -0.2) is 9.78 Å². The molecule has 0 radical (unpaired) electrons. The van der Waals surface area contributed by atoms with Gasteiger partial charge < -0.3 is 10.1 Å². The van der Waals surface area contributed by atoms with Crippen molar-refractivity contribution in [1.82, 2.24) is 9.97 Å². The van der Waals surface area contributed by atoms with E-state index in [2.05, 4.69) is 25.9 Å². The van der Waals surface area contributed by atoms with Gasteiger partial charge in [0, 0.05) is 16.2 Å². The smallest absolute Gasteiger partial charge is 0.342 e. The minimum atomic E-state index is -1.29. The van der Waals surface area contributed by atoms with Crippen LogP contribution in [0.5, 0.6) is 0 Å². The van der Waals surface area contributed by atoms with E-state index < -0.39 is 11.5 Å². The second-order valence-electron chi connectivity index (χ2n) is 3.29. The zero-order valence-electron chi connectivity index (χ0n) is 8.48. The second-order valence-corrected chi connectivity index (χ2v) is 4.20. The molecule has 0 unspecified atom stereocenters. The molecule has 2 N–H and O–H groups in total. The third-order valence-electron chi connectivity index (χ3n) is 2.15. The van der Waals surface area contributed by atoms with Crippen molar-refractivity contribution in [3.8, 4) is 11.4 Å². The van der Waals surface area contributed by atoms with Gasteiger partial charge in [0.2, 0.25) is 0 Å². The predicted molar refractivity (Wildman–Crippen MR) is 65.0 cm³/mol. The van der Waals surface area contributed by atoms with Crippen molar-refractivity contribution in [1.29, 1.82) is 0 Å². The third-order valence-corrected chi connectivity index (χ3v) is 2.68. The van der Waals surface area contributed by atoms with E-state index in [9.17, 15) is 9.59 Å². The molecule has 0 saturated carbocycles. The van der Waals surface area contributed by atoms with Gasteiger partial charge in [0.25, 0.3) is 5.56 Å². The predicted octanol–water partition coefficient (Wildman–Crippen LogP) is 1.90. The number of hydrogen-bond donors (Lipinski definition) is 2. The molecule has 17 heavy (non-hydrogen) atoms. The van der Waals surface area contributed by atoms with Crippen LogP contribution in [0.15, 0.2) is 39.7 Å². The van der Waals surface area contributed by atoms with Crippen molar-refractivity contribution < 1.29 is 9.90 Å². The van der Waals surface area contributed by atoms with Crippen molar-refractivity contribution in [3.05, 3.63) is 50.9 Å². The molecule has 0 amide bonds. The molecule has 86 valence electrons. The Hall–Kier alpha value is -1.95. The van der Waals surface area contributed by atoms with Crippen molar-refractivity contribution in [3.63, 3.8) is 0 Å². The number of aromatic nitrogens is 2. The van der Waals surface area contributed by atoms with Gasteiger partial charge in [-0.1, -0.05) is 28.1 Å². The van der Waals surface area contributed by atoms with E-state index >= 15 is 0 Å². The maximum atomic E-state index is 11.4. The SMILES string of the molecule is O=C(O)c1cnc(-c2ccc(Br)cc2)[nH]c1=O. The Labute approximate surface area is 104 Å². The number of benzene rings is 1. The molecule has 0 aliphatic rings. The summed E-state index contributed by atoms with van der Waals surface area (Å²) in [4.78, 5) is 28.4. The van der Waals surface area contributed by atoms with E-state index in [4.69, 9.17) is 5.11 Å². The van der Waals surface area contributed by atoms with E-state index in [1.54, 1.807) is 24.3 Å². The van der Waals surface area contributed by atoms with Crippen LogP contribution in [-0.2, 0) is 0 Å². The average molecular weight is 295 g/mol. The van der Waals surface area contributed by atoms with E-state index in [0.29, 0.717) is 11.4 Å². The van der Waals surface area contributed by atoms with Crippen LogP contribution >= 0.6 is 15.9 Å². The van der Waals surface area contributed by atoms with Crippen LogP contribution in [0.2, 0.25) is 0 Å². The highest BCUT2D eigenvalue weighted by molar-refractivity contribution is 9.10. The molecular weight excluding hydrogens is 288 g/mol. The Kier molecular flexibility index (Phi) is 3.06. The summed E-state index contributed by atoms with van der Waals surface area (Å²) in [7, 11) is 0. The van der Waals surface area contributed by atoms with Crippen LogP contribution in [0.3, 0.4) is 0 Å². The number of aromatic amines is 1. The summed E-state index contributed by atoms with van der Waals surface area (Å²) in [6.07, 6.45) is 1.05. The van der Waals surface area contributed by atoms with Gasteiger partial charge in [0.15, 0.2) is 0 Å². The maximum Gasteiger partial charge on any atom is 0.342 e. The fraction of sp³-hybridized carbons (Fsp3) is 0. The number of carboxylic acids is 1. The Morgan fingerprint density at radius 2 is 1.94 bits per heavy atom. The number of nitrogens with zero attached hydrogens (tertiary/aromatic N) is 1. The zero-order valence-corrected chi connectivity index (χ0v) is 10.1. The Bertz CT molecular complexity index is 619. The second kappa shape index (κ2) is 4.50. The zero-order chi connectivity index (χ0) is 12.4. The van der Waals surface area contributed by atoms with E-state index in [1.807, 2.05) is 0 Å². The van der Waals surface area contributed by atoms with Crippen molar-refractivity contribution in [2.45, 2.75) is 0 Å². The van der Waals surface area contributed by atoms with Crippen LogP contribution in [0.25, 0.3) is 11.4 Å². The lowest BCUT2D eigenvalue weighted by Crippen LogP contribution is -2.18. The molecule has 5 nitrogen and oxygen atoms in total. The normalized spacial score (nSPS) is 10.2. The Morgan fingerprint density at radius 3 is 2.47 bits per heavy atom. The number of rotatable bonds is 2. The van der Waals surface area contributed by atoms with Gasteiger partial charge in [0.1, 0.15) is 11.4 Å². The van der Waals surface area contributed by atoms with E-state index in [1.165, 1.54) is 0 Å². The fourth-order valence-electron chi connectivity index (χ4n) is 1.30. The molecule has 6 heteroatoms. The molecule has 0 saturated heterocycles. The Balaban J connectivity index is 2.48. The summed E-state index contributed by atoms with van der Waals surface area (Å²) in [5, 5.41) is 8.70. The van der Waals surface area contributed by atoms with Gasteiger partial charge in [0.05, 0.1) is 0 Å². The van der Waals surface area contributed by atoms with Gasteiger partial charge >= 0.3 is 5.97 Å². The molecule has 1 heterocycles. The number of carbonyl (C=O) groups is 1. The van der Waals surface area contributed by atoms with Crippen LogP contribution in [0.1, 0.15) is 10.4 Å². The average Bonchev–Trinajstić information content (AvgIpc) is 2.29. The van der Waals surface area contributed by atoms with Crippen LogP contribution in [0, 0.1) is 0 Å². The molecule has 0 aliphatic carbocycles. The molecule has 2 rings (SSSR count). The molecule has 2 aromatic rings. The van der Waals surface area contributed by atoms with Gasteiger partial charge in [-0.3, -0.25) is 4.79 Å². The van der Waals surface area contributed by atoms with Gasteiger partial charge in [-0.05, 0) is 12.1 Å². The quantitative estimate of drug-likeness (QED) is 0.886. The summed E-state index contributed by atoms with van der Waals surface area (Å²) < 4.78 is 0.908. The Morgan fingerprint density at radius 1 is 1.29 bits per heavy atom. The summed E-state index contributed by atoms with van der Waals surface area (Å²) in [6.45, 7) is 0. The van der Waals surface area contributed by atoms with Gasteiger partial charge in [-0.2, -0.15) is 0 Å². The van der Waals surface area contributed by atoms with Crippen LogP contribution < -0.4 is 5.56 Å². The first kappa shape index (κ1) is 11.5. The van der Waals surface area contributed by atoms with Crippen molar-refractivity contribution in [2.24, 2.45) is 0 Å². The van der Waals surface area contributed by atoms with Gasteiger partial charge in [-0.15, -0.1) is 0 Å². The first-order chi connectivity index (χ1) is 8.08. The highest BCUT2D eigenvalue weighted by Gasteiger charge is 2.10. The molecule has 1 aromatic carbocycles. The number of carboxylic acid groups (broad SMARTS) is 1. The minimum Gasteiger partial charge on any atom is -0.477 e. The standard InChI is InChI=1S/C11H7BrN2O3/c12-7-3-1-6(2-4-7)9-13-5-8(11(16)17)10(15)14-9/h1-5H,(H,16,17)(H,13,14,15). The minimum absolute atomic E-state index is 0.340. The third kappa shape index (κ3) is 2.42. The number of hydrogen-bond acceptors (Lipinski definition) is 3. The number of aromatic carboxylic acids is 1. The molecule has 1 aromatic heterocycles. The summed E-state index contributed by atoms with van der Waals surface area (Å²) in [5.41, 5.74) is -0.321. The first-order valence-corrected chi connectivity index (χ1v) is 5.46.